The lowest BCUT2D eigenvalue weighted by molar-refractivity contribution is 0.245. The molecule has 0 aliphatic carbocycles. The lowest BCUT2D eigenvalue weighted by Crippen LogP contribution is -2.25. The highest BCUT2D eigenvalue weighted by Gasteiger charge is 2.10. The van der Waals surface area contributed by atoms with Crippen LogP contribution in [0, 0.1) is 0 Å². The molecule has 0 radical (unpaired) electrons. The standard InChI is InChI=1S/C13H19N3O/c1-3-6-14-12(8-17)10-4-5-13-11(7-10)15-9-16(13)2/h4-5,7,9,12,14,17H,3,6,8H2,1-2H3. The van der Waals surface area contributed by atoms with Crippen LogP contribution in [0.3, 0.4) is 0 Å². The summed E-state index contributed by atoms with van der Waals surface area (Å²) in [6.45, 7) is 3.13. The van der Waals surface area contributed by atoms with E-state index in [2.05, 4.69) is 17.2 Å². The normalized spacial score (nSPS) is 13.1. The molecular formula is C13H19N3O. The Morgan fingerprint density at radius 2 is 2.29 bits per heavy atom. The quantitative estimate of drug-likeness (QED) is 0.825. The van der Waals surface area contributed by atoms with E-state index in [-0.39, 0.29) is 12.6 Å². The van der Waals surface area contributed by atoms with Gasteiger partial charge in [-0.15, -0.1) is 0 Å². The number of imidazole rings is 1. The first-order valence-corrected chi connectivity index (χ1v) is 6.01. The number of aliphatic hydroxyl groups is 1. The number of nitrogens with zero attached hydrogens (tertiary/aromatic N) is 2. The molecule has 0 aliphatic heterocycles. The van der Waals surface area contributed by atoms with Crippen LogP contribution in [0.2, 0.25) is 0 Å². The van der Waals surface area contributed by atoms with Gasteiger partial charge in [0.05, 0.1) is 30.0 Å². The van der Waals surface area contributed by atoms with Crippen LogP contribution in [-0.4, -0.2) is 27.8 Å². The maximum atomic E-state index is 9.40. The van der Waals surface area contributed by atoms with Crippen molar-refractivity contribution in [3.63, 3.8) is 0 Å². The fourth-order valence-corrected chi connectivity index (χ4v) is 1.98. The maximum Gasteiger partial charge on any atom is 0.0955 e. The molecule has 1 aromatic carbocycles. The lowest BCUT2D eigenvalue weighted by Gasteiger charge is -2.16. The Kier molecular flexibility index (Phi) is 3.76. The monoisotopic (exact) mass is 233 g/mol. The van der Waals surface area contributed by atoms with Crippen LogP contribution in [0.15, 0.2) is 24.5 Å². The first kappa shape index (κ1) is 12.1. The van der Waals surface area contributed by atoms with Crippen molar-refractivity contribution in [2.24, 2.45) is 7.05 Å². The van der Waals surface area contributed by atoms with Crippen LogP contribution < -0.4 is 5.32 Å². The molecular weight excluding hydrogens is 214 g/mol. The highest BCUT2D eigenvalue weighted by molar-refractivity contribution is 5.76. The Morgan fingerprint density at radius 3 is 3.00 bits per heavy atom. The van der Waals surface area contributed by atoms with Gasteiger partial charge in [0.15, 0.2) is 0 Å². The van der Waals surface area contributed by atoms with E-state index in [4.69, 9.17) is 0 Å². The first-order valence-electron chi connectivity index (χ1n) is 6.01. The molecule has 0 fully saturated rings. The van der Waals surface area contributed by atoms with Crippen LogP contribution in [0.1, 0.15) is 24.9 Å². The van der Waals surface area contributed by atoms with Crippen LogP contribution in [0.25, 0.3) is 11.0 Å². The summed E-state index contributed by atoms with van der Waals surface area (Å²) in [5.74, 6) is 0. The van der Waals surface area contributed by atoms with Gasteiger partial charge in [0.1, 0.15) is 0 Å². The molecule has 4 heteroatoms. The van der Waals surface area contributed by atoms with Crippen molar-refractivity contribution in [1.82, 2.24) is 14.9 Å². The summed E-state index contributed by atoms with van der Waals surface area (Å²) >= 11 is 0. The number of aryl methyl sites for hydroxylation is 1. The van der Waals surface area contributed by atoms with Crippen molar-refractivity contribution in [1.29, 1.82) is 0 Å². The van der Waals surface area contributed by atoms with E-state index in [9.17, 15) is 5.11 Å². The van der Waals surface area contributed by atoms with E-state index in [1.165, 1.54) is 0 Å². The predicted octanol–water partition coefficient (Wildman–Crippen LogP) is 1.61. The Bertz CT molecular complexity index is 492. The molecule has 1 heterocycles. The molecule has 1 aromatic heterocycles. The molecule has 1 unspecified atom stereocenters. The van der Waals surface area contributed by atoms with Crippen molar-refractivity contribution in [2.75, 3.05) is 13.2 Å². The number of aromatic nitrogens is 2. The molecule has 1 atom stereocenters. The molecule has 0 amide bonds. The number of hydrogen-bond acceptors (Lipinski definition) is 3. The number of fused-ring (bicyclic) bond motifs is 1. The third kappa shape index (κ3) is 2.48. The third-order valence-electron chi connectivity index (χ3n) is 2.98. The minimum Gasteiger partial charge on any atom is -0.394 e. The summed E-state index contributed by atoms with van der Waals surface area (Å²) < 4.78 is 1.99. The number of hydrogen-bond donors (Lipinski definition) is 2. The Morgan fingerprint density at radius 1 is 1.47 bits per heavy atom. The zero-order chi connectivity index (χ0) is 12.3. The Labute approximate surface area is 101 Å². The zero-order valence-electron chi connectivity index (χ0n) is 10.3. The smallest absolute Gasteiger partial charge is 0.0955 e. The second-order valence-electron chi connectivity index (χ2n) is 4.29. The van der Waals surface area contributed by atoms with Crippen molar-refractivity contribution in [3.8, 4) is 0 Å². The number of rotatable bonds is 5. The molecule has 0 bridgehead atoms. The van der Waals surface area contributed by atoms with Crippen molar-refractivity contribution in [3.05, 3.63) is 30.1 Å². The molecule has 2 aromatic rings. The van der Waals surface area contributed by atoms with Gasteiger partial charge in [-0.05, 0) is 30.7 Å². The largest absolute Gasteiger partial charge is 0.394 e. The minimum atomic E-state index is 0.00126. The summed E-state index contributed by atoms with van der Waals surface area (Å²) in [5.41, 5.74) is 3.18. The van der Waals surface area contributed by atoms with Gasteiger partial charge in [-0.3, -0.25) is 0 Å². The zero-order valence-corrected chi connectivity index (χ0v) is 10.3. The fraction of sp³-hybridized carbons (Fsp3) is 0.462. The molecule has 4 nitrogen and oxygen atoms in total. The van der Waals surface area contributed by atoms with E-state index < -0.39 is 0 Å². The number of nitrogens with one attached hydrogen (secondary N) is 1. The highest BCUT2D eigenvalue weighted by atomic mass is 16.3. The van der Waals surface area contributed by atoms with E-state index in [1.807, 2.05) is 36.1 Å². The van der Waals surface area contributed by atoms with Gasteiger partial charge >= 0.3 is 0 Å². The molecule has 0 saturated carbocycles. The van der Waals surface area contributed by atoms with Gasteiger partial charge in [0, 0.05) is 7.05 Å². The van der Waals surface area contributed by atoms with Crippen molar-refractivity contribution in [2.45, 2.75) is 19.4 Å². The van der Waals surface area contributed by atoms with Crippen LogP contribution in [0.4, 0.5) is 0 Å². The van der Waals surface area contributed by atoms with E-state index in [0.717, 1.165) is 29.6 Å². The van der Waals surface area contributed by atoms with E-state index in [0.29, 0.717) is 0 Å². The summed E-state index contributed by atoms with van der Waals surface area (Å²) in [5, 5.41) is 12.7. The maximum absolute atomic E-state index is 9.40. The van der Waals surface area contributed by atoms with Gasteiger partial charge in [-0.2, -0.15) is 0 Å². The Balaban J connectivity index is 2.27. The highest BCUT2D eigenvalue weighted by Crippen LogP contribution is 2.19. The number of aliphatic hydroxyl groups excluding tert-OH is 1. The number of benzene rings is 1. The van der Waals surface area contributed by atoms with Crippen molar-refractivity contribution < 1.29 is 5.11 Å². The van der Waals surface area contributed by atoms with Gasteiger partial charge in [0.25, 0.3) is 0 Å². The first-order chi connectivity index (χ1) is 8.26. The molecule has 2 rings (SSSR count). The minimum absolute atomic E-state index is 0.00126. The summed E-state index contributed by atoms with van der Waals surface area (Å²) in [6.07, 6.45) is 2.87. The van der Waals surface area contributed by atoms with E-state index >= 15 is 0 Å². The van der Waals surface area contributed by atoms with Gasteiger partial charge in [-0.25, -0.2) is 4.98 Å². The summed E-state index contributed by atoms with van der Waals surface area (Å²) in [6, 6.07) is 6.14. The summed E-state index contributed by atoms with van der Waals surface area (Å²) in [7, 11) is 1.98. The molecule has 0 spiro atoms. The van der Waals surface area contributed by atoms with Crippen LogP contribution in [-0.2, 0) is 7.05 Å². The van der Waals surface area contributed by atoms with Gasteiger partial charge < -0.3 is 15.0 Å². The molecule has 0 saturated heterocycles. The van der Waals surface area contributed by atoms with Crippen molar-refractivity contribution >= 4 is 11.0 Å². The SMILES string of the molecule is CCCNC(CO)c1ccc2c(c1)ncn2C. The van der Waals surface area contributed by atoms with Gasteiger partial charge in [0.2, 0.25) is 0 Å². The Hall–Kier alpha value is -1.39. The molecule has 2 N–H and O–H groups in total. The average Bonchev–Trinajstić information content (AvgIpc) is 2.72. The fourth-order valence-electron chi connectivity index (χ4n) is 1.98. The molecule has 0 aliphatic rings. The van der Waals surface area contributed by atoms with Gasteiger partial charge in [-0.1, -0.05) is 13.0 Å². The average molecular weight is 233 g/mol. The topological polar surface area (TPSA) is 50.1 Å². The summed E-state index contributed by atoms with van der Waals surface area (Å²) in [4.78, 5) is 4.33. The second-order valence-corrected chi connectivity index (χ2v) is 4.29. The molecule has 92 valence electrons. The van der Waals surface area contributed by atoms with Crippen LogP contribution >= 0.6 is 0 Å². The van der Waals surface area contributed by atoms with E-state index in [1.54, 1.807) is 0 Å². The third-order valence-corrected chi connectivity index (χ3v) is 2.98. The lowest BCUT2D eigenvalue weighted by atomic mass is 10.1. The second kappa shape index (κ2) is 5.29. The van der Waals surface area contributed by atoms with Crippen LogP contribution in [0.5, 0.6) is 0 Å². The predicted molar refractivity (Wildman–Crippen MR) is 68.8 cm³/mol. The molecule has 17 heavy (non-hydrogen) atoms.